The van der Waals surface area contributed by atoms with Gasteiger partial charge in [-0.3, -0.25) is 14.4 Å². The molecule has 0 atom stereocenters. The average molecular weight is 562 g/mol. The number of hydrogen-bond donors (Lipinski definition) is 3. The summed E-state index contributed by atoms with van der Waals surface area (Å²) in [4.78, 5) is 45.0. The van der Waals surface area contributed by atoms with E-state index in [0.29, 0.717) is 64.9 Å². The molecule has 3 N–H and O–H groups in total. The van der Waals surface area contributed by atoms with Gasteiger partial charge in [0.25, 0.3) is 5.56 Å². The maximum Gasteiger partial charge on any atom is 0.258 e. The molecular weight excluding hydrogens is 530 g/mol. The number of carbonyl (C=O) groups excluding carboxylic acids is 1. The number of H-pyrrole nitrogens is 1. The first-order valence-corrected chi connectivity index (χ1v) is 14.5. The average Bonchev–Trinajstić information content (AvgIpc) is 2.90. The van der Waals surface area contributed by atoms with Crippen molar-refractivity contribution in [2.75, 3.05) is 38.0 Å². The molecule has 1 aromatic carbocycles. The summed E-state index contributed by atoms with van der Waals surface area (Å²) in [7, 11) is 3.03. The lowest BCUT2D eigenvalue weighted by Crippen LogP contribution is -2.39. The molecule has 0 unspecified atom stereocenters. The summed E-state index contributed by atoms with van der Waals surface area (Å²) in [6, 6.07) is 4.53. The minimum Gasteiger partial charge on any atom is -0.502 e. The highest BCUT2D eigenvalue weighted by atomic mass is 32.2. The van der Waals surface area contributed by atoms with Gasteiger partial charge in [0.05, 0.1) is 30.9 Å². The van der Waals surface area contributed by atoms with Gasteiger partial charge in [-0.15, -0.1) is 0 Å². The lowest BCUT2D eigenvalue weighted by Gasteiger charge is -2.35. The van der Waals surface area contributed by atoms with Crippen LogP contribution in [-0.4, -0.2) is 59.0 Å². The van der Waals surface area contributed by atoms with Crippen molar-refractivity contribution >= 4 is 40.3 Å². The highest BCUT2D eigenvalue weighted by Crippen LogP contribution is 2.44. The number of nitrogens with zero attached hydrogens (tertiary/aromatic N) is 1. The molecule has 1 fully saturated rings. The molecule has 3 heterocycles. The van der Waals surface area contributed by atoms with Crippen molar-refractivity contribution < 1.29 is 23.8 Å². The second kappa shape index (κ2) is 12.2. The Morgan fingerprint density at radius 1 is 1.21 bits per heavy atom. The molecular formula is C26H31N3O7S2. The Morgan fingerprint density at radius 3 is 2.63 bits per heavy atom. The first-order chi connectivity index (χ1) is 18.3. The number of benzene rings is 1. The van der Waals surface area contributed by atoms with Crippen LogP contribution in [0.3, 0.4) is 0 Å². The van der Waals surface area contributed by atoms with Crippen LogP contribution < -0.4 is 25.8 Å². The summed E-state index contributed by atoms with van der Waals surface area (Å²) in [6.45, 7) is 2.08. The molecule has 1 saturated heterocycles. The van der Waals surface area contributed by atoms with Crippen LogP contribution in [0, 0.1) is 6.92 Å². The fraction of sp³-hybridized carbons (Fsp3) is 0.462. The maximum atomic E-state index is 12.9. The Hall–Kier alpha value is -3.12. The van der Waals surface area contributed by atoms with Gasteiger partial charge in [0.15, 0.2) is 17.3 Å². The fourth-order valence-electron chi connectivity index (χ4n) is 4.59. The zero-order valence-corrected chi connectivity index (χ0v) is 23.2. The Kier molecular flexibility index (Phi) is 8.93. The van der Waals surface area contributed by atoms with Crippen molar-refractivity contribution in [3.05, 3.63) is 56.1 Å². The number of nitrogens with one attached hydrogen (secondary N) is 2. The van der Waals surface area contributed by atoms with Gasteiger partial charge in [-0.25, -0.2) is 4.98 Å². The smallest absolute Gasteiger partial charge is 0.258 e. The summed E-state index contributed by atoms with van der Waals surface area (Å²) in [5.41, 5.74) is -0.953. The van der Waals surface area contributed by atoms with E-state index in [1.807, 2.05) is 0 Å². The van der Waals surface area contributed by atoms with Crippen molar-refractivity contribution in [2.24, 2.45) is 0 Å². The largest absolute Gasteiger partial charge is 0.502 e. The van der Waals surface area contributed by atoms with Crippen LogP contribution in [0.2, 0.25) is 0 Å². The number of aromatic amines is 1. The molecule has 38 heavy (non-hydrogen) atoms. The third-order valence-electron chi connectivity index (χ3n) is 6.54. The molecule has 1 aliphatic rings. The number of aromatic nitrogens is 2. The number of rotatable bonds is 10. The van der Waals surface area contributed by atoms with Gasteiger partial charge in [-0.1, -0.05) is 0 Å². The number of ether oxygens (including phenoxy) is 2. The minimum absolute atomic E-state index is 0.128. The molecule has 0 radical (unpaired) electrons. The summed E-state index contributed by atoms with van der Waals surface area (Å²) in [6.07, 6.45) is 1.40. The van der Waals surface area contributed by atoms with E-state index in [1.54, 1.807) is 30.8 Å². The predicted molar refractivity (Wildman–Crippen MR) is 149 cm³/mol. The van der Waals surface area contributed by atoms with Gasteiger partial charge in [0, 0.05) is 36.3 Å². The molecule has 0 bridgehead atoms. The second-order valence-electron chi connectivity index (χ2n) is 9.11. The van der Waals surface area contributed by atoms with Crippen LogP contribution in [0.1, 0.15) is 36.6 Å². The van der Waals surface area contributed by atoms with Crippen molar-refractivity contribution in [3.8, 4) is 17.2 Å². The number of aromatic hydroxyl groups is 1. The maximum absolute atomic E-state index is 12.9. The van der Waals surface area contributed by atoms with Crippen LogP contribution in [0.4, 0.5) is 0 Å². The lowest BCUT2D eigenvalue weighted by atomic mass is 9.75. The van der Waals surface area contributed by atoms with Crippen LogP contribution >= 0.6 is 23.5 Å². The first-order valence-electron chi connectivity index (χ1n) is 12.2. The number of hydrogen-bond acceptors (Lipinski definition) is 10. The molecule has 2 aromatic heterocycles. The molecule has 204 valence electrons. The van der Waals surface area contributed by atoms with Crippen molar-refractivity contribution in [1.82, 2.24) is 15.3 Å². The number of methoxy groups -OCH3 is 2. The van der Waals surface area contributed by atoms with E-state index < -0.39 is 16.6 Å². The summed E-state index contributed by atoms with van der Waals surface area (Å²) in [5, 5.41) is 13.8. The van der Waals surface area contributed by atoms with E-state index >= 15 is 0 Å². The Labute approximate surface area is 227 Å². The van der Waals surface area contributed by atoms with E-state index in [1.165, 1.54) is 32.0 Å². The number of aryl methyl sites for hydroxylation is 1. The number of thioether (sulfide) groups is 2. The molecule has 0 spiro atoms. The Balaban J connectivity index is 1.35. The molecule has 10 nitrogen and oxygen atoms in total. The normalized spacial score (nSPS) is 14.8. The fourth-order valence-corrected chi connectivity index (χ4v) is 6.59. The highest BCUT2D eigenvalue weighted by molar-refractivity contribution is 7.99. The molecule has 0 saturated carbocycles. The molecule has 3 aromatic rings. The summed E-state index contributed by atoms with van der Waals surface area (Å²) < 4.78 is 16.4. The number of carbonyl (C=O) groups is 1. The van der Waals surface area contributed by atoms with Crippen molar-refractivity contribution in [3.63, 3.8) is 0 Å². The van der Waals surface area contributed by atoms with Crippen LogP contribution in [0.15, 0.2) is 32.2 Å². The van der Waals surface area contributed by atoms with E-state index in [2.05, 4.69) is 15.3 Å². The first kappa shape index (κ1) is 27.9. The van der Waals surface area contributed by atoms with Gasteiger partial charge >= 0.3 is 0 Å². The number of amides is 1. The molecule has 0 aliphatic carbocycles. The van der Waals surface area contributed by atoms with Gasteiger partial charge in [0.2, 0.25) is 17.1 Å². The SMILES string of the molecule is COc1cc2nc(CSCCNC(=O)CC3(c4oc(C)cc(=O)c4O)CCSCC3)[nH]c(=O)c2cc1OC. The molecule has 1 aliphatic heterocycles. The Morgan fingerprint density at radius 2 is 1.92 bits per heavy atom. The van der Waals surface area contributed by atoms with Gasteiger partial charge < -0.3 is 29.3 Å². The van der Waals surface area contributed by atoms with E-state index in [-0.39, 0.29) is 23.6 Å². The van der Waals surface area contributed by atoms with Gasteiger partial charge in [0.1, 0.15) is 11.6 Å². The highest BCUT2D eigenvalue weighted by Gasteiger charge is 2.41. The van der Waals surface area contributed by atoms with Gasteiger partial charge in [-0.05, 0) is 37.3 Å². The zero-order chi connectivity index (χ0) is 27.3. The third-order valence-corrected chi connectivity index (χ3v) is 8.50. The topological polar surface area (TPSA) is 144 Å². The summed E-state index contributed by atoms with van der Waals surface area (Å²) >= 11 is 3.30. The van der Waals surface area contributed by atoms with Crippen molar-refractivity contribution in [2.45, 2.75) is 37.4 Å². The number of fused-ring (bicyclic) bond motifs is 1. The standard InChI is InChI=1S/C26H31N3O7S2/c1-15-10-18(30)23(32)24(36-15)26(4-7-37-8-5-26)13-22(31)27-6-9-38-14-21-28-17-12-20(35-3)19(34-2)11-16(17)25(33)29-21/h10-12,32H,4-9,13-14H2,1-3H3,(H,27,31)(H,28,29,33). The molecule has 12 heteroatoms. The third kappa shape index (κ3) is 6.12. The quantitative estimate of drug-likeness (QED) is 0.316. The monoisotopic (exact) mass is 561 g/mol. The zero-order valence-electron chi connectivity index (χ0n) is 21.5. The van der Waals surface area contributed by atoms with Crippen LogP contribution in [-0.2, 0) is 16.0 Å². The molecule has 1 amide bonds. The van der Waals surface area contributed by atoms with E-state index in [0.717, 1.165) is 11.5 Å². The summed E-state index contributed by atoms with van der Waals surface area (Å²) in [5.74, 6) is 4.22. The molecule has 4 rings (SSSR count). The van der Waals surface area contributed by atoms with Gasteiger partial charge in [-0.2, -0.15) is 23.5 Å². The van der Waals surface area contributed by atoms with Crippen LogP contribution in [0.5, 0.6) is 17.2 Å². The van der Waals surface area contributed by atoms with E-state index in [4.69, 9.17) is 13.9 Å². The van der Waals surface area contributed by atoms with Crippen LogP contribution in [0.25, 0.3) is 10.9 Å². The van der Waals surface area contributed by atoms with Crippen molar-refractivity contribution in [1.29, 1.82) is 0 Å². The lowest BCUT2D eigenvalue weighted by molar-refractivity contribution is -0.122. The second-order valence-corrected chi connectivity index (χ2v) is 11.4. The van der Waals surface area contributed by atoms with E-state index in [9.17, 15) is 19.5 Å². The Bertz CT molecular complexity index is 1430. The minimum atomic E-state index is -0.712. The predicted octanol–water partition coefficient (Wildman–Crippen LogP) is 3.11.